The second kappa shape index (κ2) is 7.82. The lowest BCUT2D eigenvalue weighted by atomic mass is 9.86. The number of carbonyl (C=O) groups is 1. The zero-order chi connectivity index (χ0) is 16.9. The highest BCUT2D eigenvalue weighted by molar-refractivity contribution is 5.82. The van der Waals surface area contributed by atoms with Gasteiger partial charge in [0, 0.05) is 18.5 Å². The minimum absolute atomic E-state index is 0.229. The lowest BCUT2D eigenvalue weighted by Gasteiger charge is -2.34. The van der Waals surface area contributed by atoms with E-state index in [0.29, 0.717) is 32.9 Å². The van der Waals surface area contributed by atoms with Crippen LogP contribution in [0, 0.1) is 19.3 Å². The summed E-state index contributed by atoms with van der Waals surface area (Å²) in [5, 5.41) is 0. The Morgan fingerprint density at radius 3 is 2.65 bits per heavy atom. The average Bonchev–Trinajstić information content (AvgIpc) is 2.54. The van der Waals surface area contributed by atoms with Crippen molar-refractivity contribution in [2.24, 2.45) is 5.41 Å². The number of carbonyl (C=O) groups excluding carboxylic acids is 1. The van der Waals surface area contributed by atoms with Gasteiger partial charge in [-0.2, -0.15) is 0 Å². The summed E-state index contributed by atoms with van der Waals surface area (Å²) >= 11 is 0. The summed E-state index contributed by atoms with van der Waals surface area (Å²) in [7, 11) is 0. The molecule has 0 unspecified atom stereocenters. The van der Waals surface area contributed by atoms with Crippen molar-refractivity contribution in [3.63, 3.8) is 0 Å². The third kappa shape index (κ3) is 4.96. The minimum atomic E-state index is -0.345. The second-order valence-corrected chi connectivity index (χ2v) is 7.01. The van der Waals surface area contributed by atoms with Gasteiger partial charge in [0.25, 0.3) is 0 Å². The maximum Gasteiger partial charge on any atom is 0.228 e. The third-order valence-electron chi connectivity index (χ3n) is 4.42. The quantitative estimate of drug-likeness (QED) is 0.755. The summed E-state index contributed by atoms with van der Waals surface area (Å²) in [6.07, 6.45) is 1.70. The van der Waals surface area contributed by atoms with Crippen molar-refractivity contribution >= 4 is 5.91 Å². The molecule has 1 aliphatic rings. The van der Waals surface area contributed by atoms with Crippen LogP contribution in [-0.2, 0) is 9.53 Å². The molecule has 1 aliphatic heterocycles. The molecule has 0 aromatic heterocycles. The van der Waals surface area contributed by atoms with Gasteiger partial charge in [-0.05, 0) is 43.9 Å². The molecule has 0 N–H and O–H groups in total. The first-order chi connectivity index (χ1) is 10.9. The molecule has 4 nitrogen and oxygen atoms in total. The largest absolute Gasteiger partial charge is 0.493 e. The van der Waals surface area contributed by atoms with Crippen molar-refractivity contribution in [3.05, 3.63) is 29.3 Å². The molecule has 1 aromatic carbocycles. The zero-order valence-electron chi connectivity index (χ0n) is 14.9. The average molecular weight is 319 g/mol. The normalized spacial score (nSPS) is 15.6. The van der Waals surface area contributed by atoms with Crippen molar-refractivity contribution in [3.8, 4) is 5.75 Å². The predicted octanol–water partition coefficient (Wildman–Crippen LogP) is 3.35. The minimum Gasteiger partial charge on any atom is -0.493 e. The smallest absolute Gasteiger partial charge is 0.228 e. The highest BCUT2D eigenvalue weighted by atomic mass is 16.5. The van der Waals surface area contributed by atoms with Gasteiger partial charge in [0.1, 0.15) is 5.75 Å². The molecule has 0 radical (unpaired) electrons. The molecule has 1 aromatic rings. The Bertz CT molecular complexity index is 533. The molecule has 23 heavy (non-hydrogen) atoms. The van der Waals surface area contributed by atoms with Gasteiger partial charge < -0.3 is 14.4 Å². The van der Waals surface area contributed by atoms with E-state index in [9.17, 15) is 4.79 Å². The van der Waals surface area contributed by atoms with Crippen LogP contribution in [-0.4, -0.2) is 43.7 Å². The van der Waals surface area contributed by atoms with Crippen LogP contribution in [0.4, 0.5) is 0 Å². The van der Waals surface area contributed by atoms with Crippen molar-refractivity contribution in [1.29, 1.82) is 0 Å². The van der Waals surface area contributed by atoms with Gasteiger partial charge in [-0.3, -0.25) is 4.79 Å². The SMILES string of the molecule is Cc1ccc(C)c(OCCCC(C)(C)C(=O)N2CCOCC2)c1. The van der Waals surface area contributed by atoms with Gasteiger partial charge >= 0.3 is 0 Å². The Hall–Kier alpha value is -1.55. The van der Waals surface area contributed by atoms with E-state index in [1.54, 1.807) is 0 Å². The number of morpholine rings is 1. The molecular formula is C19H29NO3. The van der Waals surface area contributed by atoms with E-state index in [0.717, 1.165) is 24.2 Å². The summed E-state index contributed by atoms with van der Waals surface area (Å²) in [5.41, 5.74) is 2.01. The van der Waals surface area contributed by atoms with Crippen LogP contribution < -0.4 is 4.74 Å². The topological polar surface area (TPSA) is 38.8 Å². The maximum atomic E-state index is 12.6. The van der Waals surface area contributed by atoms with Gasteiger partial charge in [-0.15, -0.1) is 0 Å². The lowest BCUT2D eigenvalue weighted by molar-refractivity contribution is -0.145. The zero-order valence-corrected chi connectivity index (χ0v) is 14.9. The highest BCUT2D eigenvalue weighted by Gasteiger charge is 2.32. The molecule has 128 valence electrons. The molecule has 0 saturated carbocycles. The molecule has 0 bridgehead atoms. The number of ether oxygens (including phenoxy) is 2. The Labute approximate surface area is 139 Å². The van der Waals surface area contributed by atoms with E-state index in [1.165, 1.54) is 5.56 Å². The van der Waals surface area contributed by atoms with Gasteiger partial charge in [-0.25, -0.2) is 0 Å². The number of hydrogen-bond acceptors (Lipinski definition) is 3. The van der Waals surface area contributed by atoms with Gasteiger partial charge in [0.2, 0.25) is 5.91 Å². The fourth-order valence-corrected chi connectivity index (χ4v) is 2.86. The molecule has 4 heteroatoms. The van der Waals surface area contributed by atoms with Crippen LogP contribution in [0.25, 0.3) is 0 Å². The number of nitrogens with zero attached hydrogens (tertiary/aromatic N) is 1. The van der Waals surface area contributed by atoms with Crippen LogP contribution in [0.15, 0.2) is 18.2 Å². The highest BCUT2D eigenvalue weighted by Crippen LogP contribution is 2.26. The first-order valence-electron chi connectivity index (χ1n) is 8.47. The van der Waals surface area contributed by atoms with Gasteiger partial charge in [0.05, 0.1) is 19.8 Å². The van der Waals surface area contributed by atoms with E-state index >= 15 is 0 Å². The van der Waals surface area contributed by atoms with Crippen LogP contribution in [0.5, 0.6) is 5.75 Å². The van der Waals surface area contributed by atoms with Crippen LogP contribution in [0.3, 0.4) is 0 Å². The van der Waals surface area contributed by atoms with E-state index in [2.05, 4.69) is 32.0 Å². The van der Waals surface area contributed by atoms with Gasteiger partial charge in [0.15, 0.2) is 0 Å². The molecule has 0 atom stereocenters. The van der Waals surface area contributed by atoms with Crippen molar-refractivity contribution in [2.45, 2.75) is 40.5 Å². The summed E-state index contributed by atoms with van der Waals surface area (Å²) in [6, 6.07) is 6.24. The molecule has 1 saturated heterocycles. The van der Waals surface area contributed by atoms with E-state index in [-0.39, 0.29) is 11.3 Å². The molecule has 1 fully saturated rings. The molecule has 1 heterocycles. The number of benzene rings is 1. The number of hydrogen-bond donors (Lipinski definition) is 0. The van der Waals surface area contributed by atoms with Crippen LogP contribution in [0.2, 0.25) is 0 Å². The van der Waals surface area contributed by atoms with E-state index in [1.807, 2.05) is 18.7 Å². The Kier molecular flexibility index (Phi) is 6.05. The second-order valence-electron chi connectivity index (χ2n) is 7.01. The standard InChI is InChI=1S/C19H29NO3/c1-15-6-7-16(2)17(14-15)23-11-5-8-19(3,4)18(21)20-9-12-22-13-10-20/h6-7,14H,5,8-13H2,1-4H3. The Morgan fingerprint density at radius 1 is 1.26 bits per heavy atom. The fourth-order valence-electron chi connectivity index (χ4n) is 2.86. The number of amides is 1. The first kappa shape index (κ1) is 17.8. The number of aryl methyl sites for hydroxylation is 2. The van der Waals surface area contributed by atoms with Crippen molar-refractivity contribution in [1.82, 2.24) is 4.90 Å². The summed E-state index contributed by atoms with van der Waals surface area (Å²) in [6.45, 7) is 11.5. The predicted molar refractivity (Wildman–Crippen MR) is 91.8 cm³/mol. The molecular weight excluding hydrogens is 290 g/mol. The lowest BCUT2D eigenvalue weighted by Crippen LogP contribution is -2.46. The van der Waals surface area contributed by atoms with Crippen molar-refractivity contribution in [2.75, 3.05) is 32.9 Å². The molecule has 2 rings (SSSR count). The monoisotopic (exact) mass is 319 g/mol. The summed E-state index contributed by atoms with van der Waals surface area (Å²) < 4.78 is 11.2. The van der Waals surface area contributed by atoms with E-state index in [4.69, 9.17) is 9.47 Å². The summed E-state index contributed by atoms with van der Waals surface area (Å²) in [5.74, 6) is 1.18. The fraction of sp³-hybridized carbons (Fsp3) is 0.632. The Morgan fingerprint density at radius 2 is 1.96 bits per heavy atom. The maximum absolute atomic E-state index is 12.6. The van der Waals surface area contributed by atoms with Crippen LogP contribution >= 0.6 is 0 Å². The van der Waals surface area contributed by atoms with E-state index < -0.39 is 0 Å². The third-order valence-corrected chi connectivity index (χ3v) is 4.42. The van der Waals surface area contributed by atoms with Crippen LogP contribution in [0.1, 0.15) is 37.8 Å². The molecule has 1 amide bonds. The molecule has 0 spiro atoms. The number of rotatable bonds is 6. The van der Waals surface area contributed by atoms with Gasteiger partial charge in [-0.1, -0.05) is 26.0 Å². The Balaban J connectivity index is 1.80. The molecule has 0 aliphatic carbocycles. The first-order valence-corrected chi connectivity index (χ1v) is 8.47. The summed E-state index contributed by atoms with van der Waals surface area (Å²) in [4.78, 5) is 14.5. The van der Waals surface area contributed by atoms with Crippen molar-refractivity contribution < 1.29 is 14.3 Å².